The first-order valence-corrected chi connectivity index (χ1v) is 6.45. The van der Waals surface area contributed by atoms with Gasteiger partial charge in [0.25, 0.3) is 0 Å². The normalized spacial score (nSPS) is 10.1. The third kappa shape index (κ3) is 3.66. The second kappa shape index (κ2) is 6.65. The number of rotatable bonds is 5. The van der Waals surface area contributed by atoms with Crippen LogP contribution in [0.25, 0.3) is 0 Å². The summed E-state index contributed by atoms with van der Waals surface area (Å²) in [4.78, 5) is 11.4. The quantitative estimate of drug-likeness (QED) is 0.501. The molecule has 110 valence electrons. The van der Waals surface area contributed by atoms with Gasteiger partial charge in [-0.2, -0.15) is 0 Å². The lowest BCUT2D eigenvalue weighted by atomic mass is 10.1. The molecule has 0 heterocycles. The molecular formula is C16H17NO4. The number of methoxy groups -OCH3 is 1. The van der Waals surface area contributed by atoms with Gasteiger partial charge in [-0.1, -0.05) is 30.3 Å². The van der Waals surface area contributed by atoms with Gasteiger partial charge in [0, 0.05) is 0 Å². The molecule has 5 nitrogen and oxygen atoms in total. The van der Waals surface area contributed by atoms with E-state index in [4.69, 9.17) is 10.5 Å². The number of nitrogens with two attached hydrogens (primary N) is 1. The lowest BCUT2D eigenvalue weighted by Gasteiger charge is -2.12. The zero-order valence-electron chi connectivity index (χ0n) is 11.7. The fraction of sp³-hybridized carbons (Fsp3) is 0.188. The standard InChI is InChI=1S/C16H17NO4/c1-20-15(19)9-11-5-2-3-6-12(11)10-21-14-8-4-7-13(18)16(14)17/h2-8,18H,9-10,17H2,1H3. The minimum absolute atomic E-state index is 0.0182. The van der Waals surface area contributed by atoms with E-state index in [2.05, 4.69) is 4.74 Å². The average Bonchev–Trinajstić information content (AvgIpc) is 2.50. The molecule has 2 aromatic rings. The Balaban J connectivity index is 2.13. The number of esters is 1. The minimum Gasteiger partial charge on any atom is -0.506 e. The second-order valence-electron chi connectivity index (χ2n) is 4.50. The molecule has 0 bridgehead atoms. The zero-order chi connectivity index (χ0) is 15.2. The number of ether oxygens (including phenoxy) is 2. The molecule has 0 fully saturated rings. The number of para-hydroxylation sites is 1. The van der Waals surface area contributed by atoms with Gasteiger partial charge in [0.1, 0.15) is 23.8 Å². The minimum atomic E-state index is -0.306. The highest BCUT2D eigenvalue weighted by Crippen LogP contribution is 2.30. The summed E-state index contributed by atoms with van der Waals surface area (Å²) in [6.07, 6.45) is 0.186. The van der Waals surface area contributed by atoms with E-state index >= 15 is 0 Å². The maximum absolute atomic E-state index is 11.4. The van der Waals surface area contributed by atoms with Crippen LogP contribution in [0.15, 0.2) is 42.5 Å². The molecule has 3 N–H and O–H groups in total. The first-order chi connectivity index (χ1) is 10.1. The molecule has 0 saturated heterocycles. The molecule has 0 aliphatic carbocycles. The predicted octanol–water partition coefficient (Wildman–Crippen LogP) is 2.27. The molecular weight excluding hydrogens is 270 g/mol. The Labute approximate surface area is 122 Å². The van der Waals surface area contributed by atoms with E-state index in [0.717, 1.165) is 11.1 Å². The molecule has 2 aromatic carbocycles. The Kier molecular flexibility index (Phi) is 4.66. The number of anilines is 1. The van der Waals surface area contributed by atoms with Gasteiger partial charge in [-0.25, -0.2) is 0 Å². The van der Waals surface area contributed by atoms with Crippen molar-refractivity contribution >= 4 is 11.7 Å². The summed E-state index contributed by atoms with van der Waals surface area (Å²) in [5.74, 6) is 0.0811. The highest BCUT2D eigenvalue weighted by Gasteiger charge is 2.10. The fourth-order valence-corrected chi connectivity index (χ4v) is 1.91. The monoisotopic (exact) mass is 287 g/mol. The molecule has 0 saturated carbocycles. The number of nitrogen functional groups attached to an aromatic ring is 1. The van der Waals surface area contributed by atoms with Gasteiger partial charge >= 0.3 is 5.97 Å². The second-order valence-corrected chi connectivity index (χ2v) is 4.50. The Morgan fingerprint density at radius 2 is 1.86 bits per heavy atom. The Morgan fingerprint density at radius 3 is 2.57 bits per heavy atom. The van der Waals surface area contributed by atoms with Crippen molar-refractivity contribution in [2.24, 2.45) is 0 Å². The van der Waals surface area contributed by atoms with E-state index in [9.17, 15) is 9.90 Å². The van der Waals surface area contributed by atoms with Crippen molar-refractivity contribution in [2.45, 2.75) is 13.0 Å². The van der Waals surface area contributed by atoms with Crippen molar-refractivity contribution < 1.29 is 19.4 Å². The highest BCUT2D eigenvalue weighted by molar-refractivity contribution is 5.72. The van der Waals surface area contributed by atoms with E-state index in [1.165, 1.54) is 13.2 Å². The summed E-state index contributed by atoms with van der Waals surface area (Å²) in [5, 5.41) is 9.54. The molecule has 0 aliphatic rings. The Bertz CT molecular complexity index is 640. The molecule has 0 aliphatic heterocycles. The largest absolute Gasteiger partial charge is 0.506 e. The number of phenolic OH excluding ortho intramolecular Hbond substituents is 1. The summed E-state index contributed by atoms with van der Waals surface area (Å²) in [6.45, 7) is 0.251. The molecule has 21 heavy (non-hydrogen) atoms. The van der Waals surface area contributed by atoms with Crippen LogP contribution >= 0.6 is 0 Å². The summed E-state index contributed by atoms with van der Waals surface area (Å²) in [7, 11) is 1.36. The van der Waals surface area contributed by atoms with Gasteiger partial charge in [-0.05, 0) is 23.3 Å². The topological polar surface area (TPSA) is 81.8 Å². The van der Waals surface area contributed by atoms with Crippen molar-refractivity contribution in [1.29, 1.82) is 0 Å². The summed E-state index contributed by atoms with van der Waals surface area (Å²) < 4.78 is 10.3. The van der Waals surface area contributed by atoms with Crippen LogP contribution in [0.5, 0.6) is 11.5 Å². The van der Waals surface area contributed by atoms with Crippen molar-refractivity contribution in [3.63, 3.8) is 0 Å². The molecule has 5 heteroatoms. The van der Waals surface area contributed by atoms with Crippen LogP contribution in [-0.4, -0.2) is 18.2 Å². The van der Waals surface area contributed by atoms with E-state index in [1.807, 2.05) is 24.3 Å². The van der Waals surface area contributed by atoms with Crippen LogP contribution in [0.3, 0.4) is 0 Å². The Morgan fingerprint density at radius 1 is 1.14 bits per heavy atom. The zero-order valence-corrected chi connectivity index (χ0v) is 11.7. The van der Waals surface area contributed by atoms with Gasteiger partial charge in [0.05, 0.1) is 13.5 Å². The molecule has 0 unspecified atom stereocenters. The third-order valence-electron chi connectivity index (χ3n) is 3.11. The van der Waals surface area contributed by atoms with Crippen molar-refractivity contribution in [3.05, 3.63) is 53.6 Å². The number of carbonyl (C=O) groups is 1. The number of hydrogen-bond acceptors (Lipinski definition) is 5. The molecule has 0 amide bonds. The molecule has 2 rings (SSSR count). The number of aromatic hydroxyl groups is 1. The first-order valence-electron chi connectivity index (χ1n) is 6.45. The van der Waals surface area contributed by atoms with E-state index < -0.39 is 0 Å². The maximum Gasteiger partial charge on any atom is 0.309 e. The SMILES string of the molecule is COC(=O)Cc1ccccc1COc1cccc(O)c1N. The third-order valence-corrected chi connectivity index (χ3v) is 3.11. The lowest BCUT2D eigenvalue weighted by Crippen LogP contribution is -2.08. The molecule has 0 spiro atoms. The number of carbonyl (C=O) groups excluding carboxylic acids is 1. The van der Waals surface area contributed by atoms with Crippen LogP contribution in [0.2, 0.25) is 0 Å². The number of benzene rings is 2. The van der Waals surface area contributed by atoms with Gasteiger partial charge in [-0.3, -0.25) is 4.79 Å². The molecule has 0 atom stereocenters. The van der Waals surface area contributed by atoms with Crippen LogP contribution < -0.4 is 10.5 Å². The van der Waals surface area contributed by atoms with Gasteiger partial charge in [-0.15, -0.1) is 0 Å². The summed E-state index contributed by atoms with van der Waals surface area (Å²) in [5.41, 5.74) is 7.64. The van der Waals surface area contributed by atoms with E-state index in [-0.39, 0.29) is 30.4 Å². The Hall–Kier alpha value is -2.69. The lowest BCUT2D eigenvalue weighted by molar-refractivity contribution is -0.139. The first kappa shape index (κ1) is 14.7. The number of phenols is 1. The van der Waals surface area contributed by atoms with Crippen LogP contribution in [0.1, 0.15) is 11.1 Å². The van der Waals surface area contributed by atoms with Crippen molar-refractivity contribution in [2.75, 3.05) is 12.8 Å². The van der Waals surface area contributed by atoms with Crippen LogP contribution in [0, 0.1) is 0 Å². The van der Waals surface area contributed by atoms with Gasteiger partial charge in [0.15, 0.2) is 0 Å². The predicted molar refractivity (Wildman–Crippen MR) is 79.0 cm³/mol. The summed E-state index contributed by atoms with van der Waals surface area (Å²) in [6, 6.07) is 12.3. The summed E-state index contributed by atoms with van der Waals surface area (Å²) >= 11 is 0. The van der Waals surface area contributed by atoms with Gasteiger partial charge < -0.3 is 20.3 Å². The molecule has 0 aromatic heterocycles. The average molecular weight is 287 g/mol. The fourth-order valence-electron chi connectivity index (χ4n) is 1.91. The maximum atomic E-state index is 11.4. The van der Waals surface area contributed by atoms with E-state index in [1.54, 1.807) is 12.1 Å². The van der Waals surface area contributed by atoms with Crippen molar-refractivity contribution in [3.8, 4) is 11.5 Å². The van der Waals surface area contributed by atoms with E-state index in [0.29, 0.717) is 5.75 Å². The van der Waals surface area contributed by atoms with Crippen LogP contribution in [0.4, 0.5) is 5.69 Å². The van der Waals surface area contributed by atoms with Crippen molar-refractivity contribution in [1.82, 2.24) is 0 Å². The highest BCUT2D eigenvalue weighted by atomic mass is 16.5. The molecule has 0 radical (unpaired) electrons. The van der Waals surface area contributed by atoms with Gasteiger partial charge in [0.2, 0.25) is 0 Å². The van der Waals surface area contributed by atoms with Crippen LogP contribution in [-0.2, 0) is 22.6 Å². The smallest absolute Gasteiger partial charge is 0.309 e. The number of hydrogen-bond donors (Lipinski definition) is 2.